The Kier molecular flexibility index (Phi) is 9.86. The van der Waals surface area contributed by atoms with Gasteiger partial charge in [0, 0.05) is 26.2 Å². The summed E-state index contributed by atoms with van der Waals surface area (Å²) in [7, 11) is 0. The average Bonchev–Trinajstić information content (AvgIpc) is 2.43. The molecule has 0 fully saturated rings. The molecule has 0 aromatic carbocycles. The van der Waals surface area contributed by atoms with E-state index in [1.807, 2.05) is 11.8 Å². The van der Waals surface area contributed by atoms with Crippen molar-refractivity contribution < 1.29 is 14.7 Å². The highest BCUT2D eigenvalue weighted by Crippen LogP contribution is 2.08. The molecule has 0 aromatic rings. The fraction of sp³-hybridized carbons (Fsp3) is 0.867. The number of urea groups is 1. The molecule has 0 aliphatic rings. The number of carboxylic acids is 1. The molecule has 0 rings (SSSR count). The number of carbonyl (C=O) groups excluding carboxylic acids is 1. The van der Waals surface area contributed by atoms with E-state index in [9.17, 15) is 9.59 Å². The first-order valence-electron chi connectivity index (χ1n) is 7.74. The summed E-state index contributed by atoms with van der Waals surface area (Å²) in [5.74, 6) is -1.39. The van der Waals surface area contributed by atoms with E-state index in [0.717, 1.165) is 38.8 Å². The quantitative estimate of drug-likeness (QED) is 0.671. The number of hydrogen-bond donors (Lipinski definition) is 1. The predicted octanol–water partition coefficient (Wildman–Crippen LogP) is 3.05. The number of unbranched alkanes of at least 4 members (excludes halogenated alkanes) is 2. The maximum atomic E-state index is 12.5. The van der Waals surface area contributed by atoms with Crippen LogP contribution in [0.5, 0.6) is 0 Å². The number of nitrogens with zero attached hydrogens (tertiary/aromatic N) is 2. The molecule has 0 bridgehead atoms. The van der Waals surface area contributed by atoms with Crippen LogP contribution in [0.2, 0.25) is 0 Å². The molecule has 0 heterocycles. The molecule has 2 amide bonds. The highest BCUT2D eigenvalue weighted by atomic mass is 16.4. The van der Waals surface area contributed by atoms with E-state index in [1.165, 1.54) is 0 Å². The van der Waals surface area contributed by atoms with Crippen molar-refractivity contribution in [1.29, 1.82) is 0 Å². The molecule has 0 aromatic heterocycles. The van der Waals surface area contributed by atoms with Crippen LogP contribution in [-0.4, -0.2) is 53.1 Å². The Morgan fingerprint density at radius 3 is 1.85 bits per heavy atom. The third kappa shape index (κ3) is 6.78. The lowest BCUT2D eigenvalue weighted by molar-refractivity contribution is -0.141. The van der Waals surface area contributed by atoms with Gasteiger partial charge in [0.25, 0.3) is 0 Å². The van der Waals surface area contributed by atoms with E-state index in [1.54, 1.807) is 11.8 Å². The molecule has 5 heteroatoms. The highest BCUT2D eigenvalue weighted by molar-refractivity contribution is 5.76. The van der Waals surface area contributed by atoms with Crippen molar-refractivity contribution in [1.82, 2.24) is 9.80 Å². The van der Waals surface area contributed by atoms with Gasteiger partial charge in [-0.2, -0.15) is 0 Å². The standard InChI is InChI=1S/C15H30N2O3/c1-5-8-10-17(11-9-6-2)15(20)16(7-3)12-13(4)14(18)19/h13H,5-12H2,1-4H3,(H,18,19). The number of carboxylic acid groups (broad SMARTS) is 1. The predicted molar refractivity (Wildman–Crippen MR) is 80.8 cm³/mol. The van der Waals surface area contributed by atoms with Gasteiger partial charge in [-0.1, -0.05) is 33.6 Å². The van der Waals surface area contributed by atoms with E-state index in [0.29, 0.717) is 6.54 Å². The summed E-state index contributed by atoms with van der Waals surface area (Å²) in [6.45, 7) is 10.1. The average molecular weight is 286 g/mol. The van der Waals surface area contributed by atoms with Gasteiger partial charge < -0.3 is 14.9 Å². The van der Waals surface area contributed by atoms with Crippen molar-refractivity contribution in [2.45, 2.75) is 53.4 Å². The van der Waals surface area contributed by atoms with Crippen LogP contribution in [0.1, 0.15) is 53.4 Å². The molecule has 0 spiro atoms. The van der Waals surface area contributed by atoms with Crippen LogP contribution < -0.4 is 0 Å². The lowest BCUT2D eigenvalue weighted by Gasteiger charge is -2.31. The molecule has 118 valence electrons. The minimum absolute atomic E-state index is 0.0255. The summed E-state index contributed by atoms with van der Waals surface area (Å²) >= 11 is 0. The van der Waals surface area contributed by atoms with E-state index in [2.05, 4.69) is 13.8 Å². The smallest absolute Gasteiger partial charge is 0.320 e. The van der Waals surface area contributed by atoms with Crippen LogP contribution in [0.25, 0.3) is 0 Å². The van der Waals surface area contributed by atoms with Crippen molar-refractivity contribution in [3.05, 3.63) is 0 Å². The van der Waals surface area contributed by atoms with E-state index in [4.69, 9.17) is 5.11 Å². The second kappa shape index (κ2) is 10.5. The first-order chi connectivity index (χ1) is 9.47. The number of rotatable bonds is 10. The van der Waals surface area contributed by atoms with Crippen LogP contribution >= 0.6 is 0 Å². The number of hydrogen-bond acceptors (Lipinski definition) is 2. The van der Waals surface area contributed by atoms with E-state index < -0.39 is 11.9 Å². The number of carbonyl (C=O) groups is 2. The number of aliphatic carboxylic acids is 1. The monoisotopic (exact) mass is 286 g/mol. The fourth-order valence-electron chi connectivity index (χ4n) is 1.95. The van der Waals surface area contributed by atoms with Gasteiger partial charge in [-0.25, -0.2) is 4.79 Å². The van der Waals surface area contributed by atoms with Gasteiger partial charge in [0.05, 0.1) is 5.92 Å². The van der Waals surface area contributed by atoms with Crippen LogP contribution in [0.3, 0.4) is 0 Å². The minimum atomic E-state index is -0.857. The van der Waals surface area contributed by atoms with Crippen molar-refractivity contribution >= 4 is 12.0 Å². The summed E-state index contributed by atoms with van der Waals surface area (Å²) in [5.41, 5.74) is 0. The zero-order valence-corrected chi connectivity index (χ0v) is 13.4. The molecule has 0 aliphatic heterocycles. The van der Waals surface area contributed by atoms with Crippen LogP contribution in [0.4, 0.5) is 4.79 Å². The van der Waals surface area contributed by atoms with Crippen LogP contribution in [-0.2, 0) is 4.79 Å². The zero-order chi connectivity index (χ0) is 15.5. The molecule has 0 radical (unpaired) electrons. The van der Waals surface area contributed by atoms with Crippen molar-refractivity contribution in [2.24, 2.45) is 5.92 Å². The Labute approximate surface area is 122 Å². The fourth-order valence-corrected chi connectivity index (χ4v) is 1.95. The summed E-state index contributed by atoms with van der Waals surface area (Å²) in [5, 5.41) is 8.98. The van der Waals surface area contributed by atoms with E-state index >= 15 is 0 Å². The largest absolute Gasteiger partial charge is 0.481 e. The molecule has 20 heavy (non-hydrogen) atoms. The van der Waals surface area contributed by atoms with Gasteiger partial charge >= 0.3 is 12.0 Å². The molecule has 0 aliphatic carbocycles. The maximum absolute atomic E-state index is 12.5. The van der Waals surface area contributed by atoms with Gasteiger partial charge in [0.1, 0.15) is 0 Å². The Morgan fingerprint density at radius 2 is 1.50 bits per heavy atom. The molecule has 1 N–H and O–H groups in total. The highest BCUT2D eigenvalue weighted by Gasteiger charge is 2.23. The third-order valence-electron chi connectivity index (χ3n) is 3.40. The van der Waals surface area contributed by atoms with Crippen LogP contribution in [0.15, 0.2) is 0 Å². The van der Waals surface area contributed by atoms with Gasteiger partial charge in [0.15, 0.2) is 0 Å². The normalized spacial score (nSPS) is 12.0. The van der Waals surface area contributed by atoms with Gasteiger partial charge in [-0.15, -0.1) is 0 Å². The topological polar surface area (TPSA) is 60.9 Å². The summed E-state index contributed by atoms with van der Waals surface area (Å²) in [6.07, 6.45) is 4.07. The molecular formula is C15H30N2O3. The summed E-state index contributed by atoms with van der Waals surface area (Å²) in [4.78, 5) is 26.9. The molecule has 1 atom stereocenters. The minimum Gasteiger partial charge on any atom is -0.481 e. The van der Waals surface area contributed by atoms with Crippen LogP contribution in [0, 0.1) is 5.92 Å². The number of amides is 2. The first-order valence-corrected chi connectivity index (χ1v) is 7.74. The Morgan fingerprint density at radius 1 is 1.00 bits per heavy atom. The van der Waals surface area contributed by atoms with Crippen molar-refractivity contribution in [2.75, 3.05) is 26.2 Å². The Hall–Kier alpha value is -1.26. The first kappa shape index (κ1) is 18.7. The molecule has 0 saturated heterocycles. The SMILES string of the molecule is CCCCN(CCCC)C(=O)N(CC)CC(C)C(=O)O. The molecule has 1 unspecified atom stereocenters. The summed E-state index contributed by atoms with van der Waals surface area (Å²) in [6, 6.07) is -0.0255. The maximum Gasteiger partial charge on any atom is 0.320 e. The Bertz CT molecular complexity index is 287. The van der Waals surface area contributed by atoms with Gasteiger partial charge in [-0.05, 0) is 19.8 Å². The third-order valence-corrected chi connectivity index (χ3v) is 3.40. The zero-order valence-electron chi connectivity index (χ0n) is 13.4. The molecule has 5 nitrogen and oxygen atoms in total. The lowest BCUT2D eigenvalue weighted by atomic mass is 10.1. The molecule has 0 saturated carbocycles. The van der Waals surface area contributed by atoms with Gasteiger partial charge in [-0.3, -0.25) is 4.79 Å². The second-order valence-electron chi connectivity index (χ2n) is 5.25. The Balaban J connectivity index is 4.65. The second-order valence-corrected chi connectivity index (χ2v) is 5.25. The lowest BCUT2D eigenvalue weighted by Crippen LogP contribution is -2.46. The van der Waals surface area contributed by atoms with Crippen molar-refractivity contribution in [3.63, 3.8) is 0 Å². The van der Waals surface area contributed by atoms with E-state index in [-0.39, 0.29) is 12.6 Å². The van der Waals surface area contributed by atoms with Crippen molar-refractivity contribution in [3.8, 4) is 0 Å². The molecular weight excluding hydrogens is 256 g/mol. The van der Waals surface area contributed by atoms with Gasteiger partial charge in [0.2, 0.25) is 0 Å². The summed E-state index contributed by atoms with van der Waals surface area (Å²) < 4.78 is 0.